The number of hydrogen-bond acceptors (Lipinski definition) is 2. The number of halogens is 1. The molecule has 0 saturated heterocycles. The lowest BCUT2D eigenvalue weighted by atomic mass is 10.2. The Balaban J connectivity index is 0.00000264. The molecule has 0 amide bonds. The van der Waals surface area contributed by atoms with Crippen molar-refractivity contribution in [2.75, 3.05) is 32.8 Å². The van der Waals surface area contributed by atoms with E-state index in [1.165, 1.54) is 50.8 Å². The molecule has 1 aromatic carbocycles. The van der Waals surface area contributed by atoms with Gasteiger partial charge in [0.2, 0.25) is 6.34 Å². The lowest BCUT2D eigenvalue weighted by Crippen LogP contribution is -3.00. The molecular weight excluding hydrogens is 399 g/mol. The summed E-state index contributed by atoms with van der Waals surface area (Å²) in [6.45, 7) is 9.66. The van der Waals surface area contributed by atoms with Crippen LogP contribution in [0.15, 0.2) is 24.3 Å². The van der Waals surface area contributed by atoms with Gasteiger partial charge in [-0.25, -0.2) is 0 Å². The highest BCUT2D eigenvalue weighted by molar-refractivity contribution is 5.49. The summed E-state index contributed by atoms with van der Waals surface area (Å²) in [7, 11) is 0. The van der Waals surface area contributed by atoms with Gasteiger partial charge in [-0.1, -0.05) is 31.9 Å². The van der Waals surface area contributed by atoms with Crippen LogP contribution in [0.25, 0.3) is 0 Å². The van der Waals surface area contributed by atoms with Gasteiger partial charge in [0.25, 0.3) is 0 Å². The first-order chi connectivity index (χ1) is 10.8. The summed E-state index contributed by atoms with van der Waals surface area (Å²) in [5.41, 5.74) is 1.25. The summed E-state index contributed by atoms with van der Waals surface area (Å²) >= 11 is 0. The minimum atomic E-state index is 0. The molecule has 0 aliphatic carbocycles. The van der Waals surface area contributed by atoms with Crippen LogP contribution in [0.5, 0.6) is 5.75 Å². The predicted molar refractivity (Wildman–Crippen MR) is 93.1 cm³/mol. The van der Waals surface area contributed by atoms with Crippen LogP contribution < -0.4 is 28.7 Å². The zero-order chi connectivity index (χ0) is 15.6. The second-order valence-electron chi connectivity index (χ2n) is 6.27. The third kappa shape index (κ3) is 8.04. The van der Waals surface area contributed by atoms with E-state index in [0.717, 1.165) is 25.4 Å². The molecule has 0 fully saturated rings. The van der Waals surface area contributed by atoms with Crippen LogP contribution in [-0.2, 0) is 0 Å². The van der Waals surface area contributed by atoms with Crippen molar-refractivity contribution in [3.63, 3.8) is 0 Å². The Hall–Kier alpha value is -0.780. The molecule has 0 bridgehead atoms. The van der Waals surface area contributed by atoms with Gasteiger partial charge in [0.05, 0.1) is 19.6 Å². The van der Waals surface area contributed by atoms with E-state index in [0.29, 0.717) is 0 Å². The van der Waals surface area contributed by atoms with Crippen LogP contribution >= 0.6 is 0 Å². The van der Waals surface area contributed by atoms with Crippen LogP contribution in [0, 0.1) is 6.92 Å². The fraction of sp³-hybridized carbons (Fsp3) is 0.632. The largest absolute Gasteiger partial charge is 1.00 e. The van der Waals surface area contributed by atoms with E-state index in [1.54, 1.807) is 0 Å². The van der Waals surface area contributed by atoms with E-state index >= 15 is 0 Å². The summed E-state index contributed by atoms with van der Waals surface area (Å²) in [5.74, 6) is 0.980. The quantitative estimate of drug-likeness (QED) is 0.326. The minimum Gasteiger partial charge on any atom is -1.00 e. The van der Waals surface area contributed by atoms with Crippen molar-refractivity contribution in [2.45, 2.75) is 46.0 Å². The molecule has 0 aromatic heterocycles. The van der Waals surface area contributed by atoms with Crippen molar-refractivity contribution in [1.29, 1.82) is 0 Å². The molecule has 130 valence electrons. The van der Waals surface area contributed by atoms with Gasteiger partial charge >= 0.3 is 0 Å². The van der Waals surface area contributed by atoms with Gasteiger partial charge in [-0.15, -0.1) is 0 Å². The highest BCUT2D eigenvalue weighted by atomic mass is 127. The lowest BCUT2D eigenvalue weighted by Gasteiger charge is -2.21. The van der Waals surface area contributed by atoms with Gasteiger partial charge < -0.3 is 28.7 Å². The number of nitrogens with zero attached hydrogens (tertiary/aromatic N) is 2. The Morgan fingerprint density at radius 1 is 1.22 bits per heavy atom. The van der Waals surface area contributed by atoms with Gasteiger partial charge in [-0.05, 0) is 37.5 Å². The fourth-order valence-electron chi connectivity index (χ4n) is 2.89. The topological polar surface area (TPSA) is 15.5 Å². The maximum atomic E-state index is 5.86. The molecule has 1 aliphatic heterocycles. The summed E-state index contributed by atoms with van der Waals surface area (Å²) in [6.07, 6.45) is 8.92. The van der Waals surface area contributed by atoms with Gasteiger partial charge in [0, 0.05) is 6.42 Å². The third-order valence-electron chi connectivity index (χ3n) is 4.15. The molecule has 0 unspecified atom stereocenters. The second-order valence-corrected chi connectivity index (χ2v) is 6.27. The standard InChI is InChI=1S/C19H31N2O.HI/c1-3-4-5-6-11-20-12-8-13-21(17-20)14-15-22-19-10-7-9-18(2)16-19;/h7,9-10,16-17H,3-6,8,11-15H2,1-2H3;1H/q+1;/p-1. The maximum Gasteiger partial charge on any atom is 0.234 e. The first kappa shape index (κ1) is 20.3. The molecule has 0 radical (unpaired) electrons. The summed E-state index contributed by atoms with van der Waals surface area (Å²) in [6, 6.07) is 8.28. The Labute approximate surface area is 158 Å². The summed E-state index contributed by atoms with van der Waals surface area (Å²) in [5, 5.41) is 0. The monoisotopic (exact) mass is 430 g/mol. The van der Waals surface area contributed by atoms with Gasteiger partial charge in [0.15, 0.2) is 0 Å². The summed E-state index contributed by atoms with van der Waals surface area (Å²) < 4.78 is 8.34. The smallest absolute Gasteiger partial charge is 0.234 e. The molecular formula is C19H31IN2O. The van der Waals surface area contributed by atoms with Crippen molar-refractivity contribution < 1.29 is 33.3 Å². The maximum absolute atomic E-state index is 5.86. The molecule has 0 saturated carbocycles. The van der Waals surface area contributed by atoms with Crippen molar-refractivity contribution in [3.05, 3.63) is 29.8 Å². The SMILES string of the molecule is CCCCCC[N+]1=CN(CCOc2cccc(C)c2)CCC1.[I-]. The van der Waals surface area contributed by atoms with Crippen molar-refractivity contribution >= 4 is 6.34 Å². The molecule has 1 aliphatic rings. The average Bonchev–Trinajstić information content (AvgIpc) is 2.52. The normalized spacial score (nSPS) is 14.2. The van der Waals surface area contributed by atoms with Crippen LogP contribution in [0.3, 0.4) is 0 Å². The lowest BCUT2D eigenvalue weighted by molar-refractivity contribution is -0.533. The van der Waals surface area contributed by atoms with Gasteiger partial charge in [-0.3, -0.25) is 9.48 Å². The van der Waals surface area contributed by atoms with Crippen molar-refractivity contribution in [1.82, 2.24) is 4.90 Å². The zero-order valence-electron chi connectivity index (χ0n) is 14.6. The van der Waals surface area contributed by atoms with Crippen LogP contribution in [0.2, 0.25) is 0 Å². The van der Waals surface area contributed by atoms with Crippen molar-refractivity contribution in [2.24, 2.45) is 0 Å². The van der Waals surface area contributed by atoms with E-state index in [4.69, 9.17) is 4.74 Å². The Morgan fingerprint density at radius 3 is 2.87 bits per heavy atom. The number of aryl methyl sites for hydroxylation is 1. The zero-order valence-corrected chi connectivity index (χ0v) is 16.8. The Bertz CT molecular complexity index is 476. The van der Waals surface area contributed by atoms with E-state index in [9.17, 15) is 0 Å². The molecule has 4 heteroatoms. The summed E-state index contributed by atoms with van der Waals surface area (Å²) in [4.78, 5) is 2.40. The van der Waals surface area contributed by atoms with E-state index < -0.39 is 0 Å². The van der Waals surface area contributed by atoms with E-state index in [2.05, 4.69) is 47.9 Å². The fourth-order valence-corrected chi connectivity index (χ4v) is 2.89. The number of ether oxygens (including phenoxy) is 1. The molecule has 1 aromatic rings. The number of rotatable bonds is 9. The molecule has 1 heterocycles. The molecule has 23 heavy (non-hydrogen) atoms. The van der Waals surface area contributed by atoms with E-state index in [1.807, 2.05) is 6.07 Å². The predicted octanol–water partition coefficient (Wildman–Crippen LogP) is 0.705. The molecule has 0 atom stereocenters. The van der Waals surface area contributed by atoms with Crippen LogP contribution in [-0.4, -0.2) is 48.6 Å². The van der Waals surface area contributed by atoms with Gasteiger partial charge in [0.1, 0.15) is 18.9 Å². The number of benzene rings is 1. The van der Waals surface area contributed by atoms with Crippen LogP contribution in [0.1, 0.15) is 44.6 Å². The first-order valence-electron chi connectivity index (χ1n) is 8.80. The Kier molecular flexibility index (Phi) is 10.3. The van der Waals surface area contributed by atoms with Crippen molar-refractivity contribution in [3.8, 4) is 5.75 Å². The molecule has 3 nitrogen and oxygen atoms in total. The second kappa shape index (κ2) is 11.7. The minimum absolute atomic E-state index is 0. The number of hydrogen-bond donors (Lipinski definition) is 0. The highest BCUT2D eigenvalue weighted by Gasteiger charge is 2.15. The molecule has 0 spiro atoms. The van der Waals surface area contributed by atoms with Gasteiger partial charge in [-0.2, -0.15) is 0 Å². The Morgan fingerprint density at radius 2 is 2.09 bits per heavy atom. The highest BCUT2D eigenvalue weighted by Crippen LogP contribution is 2.12. The van der Waals surface area contributed by atoms with E-state index in [-0.39, 0.29) is 24.0 Å². The average molecular weight is 430 g/mol. The third-order valence-corrected chi connectivity index (χ3v) is 4.15. The molecule has 0 N–H and O–H groups in total. The number of unbranched alkanes of at least 4 members (excludes halogenated alkanes) is 3. The first-order valence-corrected chi connectivity index (χ1v) is 8.80. The van der Waals surface area contributed by atoms with Crippen LogP contribution in [0.4, 0.5) is 0 Å². The molecule has 2 rings (SSSR count).